The van der Waals surface area contributed by atoms with Gasteiger partial charge in [-0.15, -0.1) is 21.5 Å². The Hall–Kier alpha value is -5.98. The molecule has 0 spiro atoms. The van der Waals surface area contributed by atoms with Gasteiger partial charge in [0.05, 0.1) is 129 Å². The lowest BCUT2D eigenvalue weighted by Gasteiger charge is -2.18. The van der Waals surface area contributed by atoms with E-state index in [1.807, 2.05) is 35.8 Å². The number of aromatic nitrogens is 5. The number of rotatable bonds is 33. The van der Waals surface area contributed by atoms with Crippen LogP contribution in [0, 0.1) is 26.6 Å². The number of hydrogen-bond donors (Lipinski definition) is 3. The van der Waals surface area contributed by atoms with Crippen LogP contribution in [0.4, 0.5) is 4.39 Å². The van der Waals surface area contributed by atoms with E-state index in [4.69, 9.17) is 67.1 Å². The van der Waals surface area contributed by atoms with E-state index in [1.54, 1.807) is 47.7 Å². The predicted molar refractivity (Wildman–Crippen MR) is 290 cm³/mol. The summed E-state index contributed by atoms with van der Waals surface area (Å²) >= 11 is 14.1. The van der Waals surface area contributed by atoms with Gasteiger partial charge in [-0.25, -0.2) is 4.39 Å². The van der Waals surface area contributed by atoms with Crippen LogP contribution in [0.25, 0.3) is 16.3 Å². The average Bonchev–Trinajstić information content (AvgIpc) is 4.09. The lowest BCUT2D eigenvalue weighted by Crippen LogP contribution is -2.32. The second kappa shape index (κ2) is 30.2. The van der Waals surface area contributed by atoms with Gasteiger partial charge in [-0.05, 0) is 68.3 Å². The number of ether oxygens (including phenoxy) is 7. The molecule has 77 heavy (non-hydrogen) atoms. The molecule has 7 rings (SSSR count). The molecule has 3 aromatic carbocycles. The quantitative estimate of drug-likeness (QED) is 0.0349. The Morgan fingerprint density at radius 1 is 0.753 bits per heavy atom. The lowest BCUT2D eigenvalue weighted by molar-refractivity contribution is -0.122. The standard InChI is InChI=1S/C54H64Cl2FN9O10S/c1-35-36(2)77-54-49(35)50(38-11-13-40(55)14-12-38)60-46(52-63-62-37(3)66(52)54)33-48(68)59-15-17-70-19-21-72-23-25-74-27-29-76-30-28-75-26-24-73-22-20-71-18-16-65-34-43(51(64-65)42-9-4-5-10-44(42)57)53(69)61-45(32-47(58)67)39-7-6-8-41(56)31-39/h4-14,31,34,45-46H,15-30,32-33H2,1-3H3,(H2,58,67)(H,59,68)(H,61,69)/t45?,46-/m0/s1. The minimum atomic E-state index is -0.773. The van der Waals surface area contributed by atoms with Crippen molar-refractivity contribution >= 4 is 58.0 Å². The summed E-state index contributed by atoms with van der Waals surface area (Å²) in [6, 6.07) is 19.0. The number of nitrogens with one attached hydrogen (secondary N) is 2. The van der Waals surface area contributed by atoms with Crippen molar-refractivity contribution in [3.63, 3.8) is 0 Å². The third kappa shape index (κ3) is 17.3. The number of carbonyl (C=O) groups is 3. The molecular formula is C54H64Cl2FN9O10S. The van der Waals surface area contributed by atoms with E-state index in [0.717, 1.165) is 33.2 Å². The van der Waals surface area contributed by atoms with Crippen LogP contribution in [0.3, 0.4) is 0 Å². The Kier molecular flexibility index (Phi) is 23.1. The summed E-state index contributed by atoms with van der Waals surface area (Å²) in [6.45, 7) is 11.9. The summed E-state index contributed by atoms with van der Waals surface area (Å²) in [4.78, 5) is 45.1. The van der Waals surface area contributed by atoms with Gasteiger partial charge < -0.3 is 49.5 Å². The topological polar surface area (TPSA) is 227 Å². The third-order valence-electron chi connectivity index (χ3n) is 12.1. The van der Waals surface area contributed by atoms with Crippen molar-refractivity contribution in [1.82, 2.24) is 35.2 Å². The van der Waals surface area contributed by atoms with E-state index in [0.29, 0.717) is 114 Å². The van der Waals surface area contributed by atoms with Crippen molar-refractivity contribution in [3.8, 4) is 16.3 Å². The van der Waals surface area contributed by atoms with Gasteiger partial charge in [0.1, 0.15) is 28.4 Å². The molecule has 0 radical (unpaired) electrons. The van der Waals surface area contributed by atoms with Gasteiger partial charge >= 0.3 is 0 Å². The van der Waals surface area contributed by atoms with Gasteiger partial charge in [0, 0.05) is 44.4 Å². The van der Waals surface area contributed by atoms with Crippen LogP contribution < -0.4 is 16.4 Å². The first-order chi connectivity index (χ1) is 37.4. The van der Waals surface area contributed by atoms with Gasteiger partial charge in [-0.3, -0.25) is 28.6 Å². The molecule has 0 saturated heterocycles. The first kappa shape index (κ1) is 58.7. The number of hydrogen-bond acceptors (Lipinski definition) is 15. The molecule has 1 aliphatic heterocycles. The zero-order valence-electron chi connectivity index (χ0n) is 43.3. The second-order valence-electron chi connectivity index (χ2n) is 17.6. The smallest absolute Gasteiger partial charge is 0.255 e. The molecule has 0 bridgehead atoms. The molecular weight excluding hydrogens is 1060 g/mol. The number of amides is 3. The van der Waals surface area contributed by atoms with Crippen molar-refractivity contribution in [2.75, 3.05) is 99.0 Å². The zero-order chi connectivity index (χ0) is 54.5. The van der Waals surface area contributed by atoms with Crippen LogP contribution in [0.15, 0.2) is 84.0 Å². The SMILES string of the molecule is Cc1sc2c(c1C)C(c1ccc(Cl)cc1)=N[C@@H](CC(=O)NCCOCCOCCOCCOCCOCCOCCOCCn1cc(C(=O)NC(CC(N)=O)c3cccc(Cl)c3)c(-c3ccccc3F)n1)c1nnc(C)n1-2. The number of benzene rings is 3. The van der Waals surface area contributed by atoms with E-state index in [9.17, 15) is 18.8 Å². The molecule has 0 aliphatic carbocycles. The lowest BCUT2D eigenvalue weighted by atomic mass is 9.99. The molecule has 2 atom stereocenters. The maximum absolute atomic E-state index is 14.9. The minimum Gasteiger partial charge on any atom is -0.377 e. The van der Waals surface area contributed by atoms with E-state index in [1.165, 1.54) is 27.9 Å². The van der Waals surface area contributed by atoms with Crippen LogP contribution in [0.5, 0.6) is 0 Å². The van der Waals surface area contributed by atoms with Crippen molar-refractivity contribution in [2.45, 2.75) is 52.2 Å². The molecule has 23 heteroatoms. The largest absolute Gasteiger partial charge is 0.377 e. The first-order valence-electron chi connectivity index (χ1n) is 25.2. The van der Waals surface area contributed by atoms with Crippen LogP contribution >= 0.6 is 34.5 Å². The van der Waals surface area contributed by atoms with E-state index in [-0.39, 0.29) is 48.7 Å². The Balaban J connectivity index is 0.678. The number of fused-ring (bicyclic) bond motifs is 3. The fourth-order valence-corrected chi connectivity index (χ4v) is 9.73. The second-order valence-corrected chi connectivity index (χ2v) is 19.7. The van der Waals surface area contributed by atoms with Crippen molar-refractivity contribution in [1.29, 1.82) is 0 Å². The highest BCUT2D eigenvalue weighted by molar-refractivity contribution is 7.15. The van der Waals surface area contributed by atoms with Gasteiger partial charge in [-0.1, -0.05) is 59.6 Å². The van der Waals surface area contributed by atoms with Crippen LogP contribution in [0.2, 0.25) is 10.0 Å². The highest BCUT2D eigenvalue weighted by atomic mass is 35.5. The number of primary amides is 1. The van der Waals surface area contributed by atoms with Crippen molar-refractivity contribution in [2.24, 2.45) is 10.7 Å². The first-order valence-corrected chi connectivity index (χ1v) is 26.8. The maximum atomic E-state index is 14.9. The summed E-state index contributed by atoms with van der Waals surface area (Å²) in [5, 5.41) is 21.2. The van der Waals surface area contributed by atoms with Crippen molar-refractivity contribution in [3.05, 3.63) is 139 Å². The summed E-state index contributed by atoms with van der Waals surface area (Å²) < 4.78 is 57.8. The zero-order valence-corrected chi connectivity index (χ0v) is 45.6. The molecule has 0 fully saturated rings. The molecule has 1 unspecified atom stereocenters. The Labute approximate surface area is 460 Å². The average molecular weight is 1120 g/mol. The number of nitrogens with zero attached hydrogens (tertiary/aromatic N) is 6. The number of aryl methyl sites for hydroxylation is 2. The van der Waals surface area contributed by atoms with E-state index >= 15 is 0 Å². The highest BCUT2D eigenvalue weighted by Gasteiger charge is 2.33. The van der Waals surface area contributed by atoms with Crippen LogP contribution in [-0.4, -0.2) is 147 Å². The maximum Gasteiger partial charge on any atom is 0.255 e. The van der Waals surface area contributed by atoms with E-state index in [2.05, 4.69) is 39.8 Å². The number of thiophene rings is 1. The fraction of sp³-hybridized carbons (Fsp3) is 0.426. The van der Waals surface area contributed by atoms with Gasteiger partial charge in [-0.2, -0.15) is 5.10 Å². The highest BCUT2D eigenvalue weighted by Crippen LogP contribution is 2.39. The molecule has 4 heterocycles. The fourth-order valence-electron chi connectivity index (χ4n) is 8.19. The Bertz CT molecular complexity index is 2920. The number of halogens is 3. The summed E-state index contributed by atoms with van der Waals surface area (Å²) in [5.41, 5.74) is 10.3. The molecule has 0 saturated carbocycles. The molecule has 412 valence electrons. The minimum absolute atomic E-state index is 0.0914. The van der Waals surface area contributed by atoms with Gasteiger partial charge in [0.25, 0.3) is 5.91 Å². The normalized spacial score (nSPS) is 13.4. The summed E-state index contributed by atoms with van der Waals surface area (Å²) in [5.74, 6) is -0.547. The van der Waals surface area contributed by atoms with E-state index < -0.39 is 29.7 Å². The summed E-state index contributed by atoms with van der Waals surface area (Å²) in [6.07, 6.45) is 1.43. The number of aliphatic imine (C=N–C) groups is 1. The van der Waals surface area contributed by atoms with Crippen LogP contribution in [0.1, 0.15) is 74.1 Å². The van der Waals surface area contributed by atoms with Gasteiger partial charge in [0.15, 0.2) is 5.82 Å². The molecule has 6 aromatic rings. The van der Waals surface area contributed by atoms with Crippen molar-refractivity contribution < 1.29 is 51.9 Å². The molecule has 19 nitrogen and oxygen atoms in total. The van der Waals surface area contributed by atoms with Crippen LogP contribution in [-0.2, 0) is 49.3 Å². The molecule has 3 aromatic heterocycles. The monoisotopic (exact) mass is 1120 g/mol. The van der Waals surface area contributed by atoms with Gasteiger partial charge in [0.2, 0.25) is 11.8 Å². The predicted octanol–water partition coefficient (Wildman–Crippen LogP) is 7.12. The Morgan fingerprint density at radius 2 is 1.36 bits per heavy atom. The number of nitrogens with two attached hydrogens (primary N) is 1. The third-order valence-corrected chi connectivity index (χ3v) is 13.8. The summed E-state index contributed by atoms with van der Waals surface area (Å²) in [7, 11) is 0. The Morgan fingerprint density at radius 3 is 1.97 bits per heavy atom. The molecule has 4 N–H and O–H groups in total. The molecule has 1 aliphatic rings. The molecule has 3 amide bonds. The number of carbonyl (C=O) groups excluding carboxylic acids is 3.